The Morgan fingerprint density at radius 1 is 0.917 bits per heavy atom. The maximum absolute atomic E-state index is 15.7. The van der Waals surface area contributed by atoms with E-state index in [2.05, 4.69) is 44.5 Å². The Morgan fingerprint density at radius 2 is 1.62 bits per heavy atom. The zero-order chi connectivity index (χ0) is 42.2. The number of ether oxygens (including phenoxy) is 1. The number of piperidine rings is 2. The molecule has 17 heteroatoms. The summed E-state index contributed by atoms with van der Waals surface area (Å²) in [6.45, 7) is 7.77. The number of imide groups is 2. The molecule has 2 aromatic carbocycles. The average molecular weight is 840 g/mol. The van der Waals surface area contributed by atoms with Crippen LogP contribution in [-0.2, 0) is 9.59 Å². The van der Waals surface area contributed by atoms with Gasteiger partial charge in [-0.1, -0.05) is 11.6 Å². The molecule has 15 nitrogen and oxygen atoms in total. The first-order chi connectivity index (χ1) is 28.9. The normalized spacial score (nSPS) is 25.2. The second-order valence-electron chi connectivity index (χ2n) is 16.6. The van der Waals surface area contributed by atoms with Crippen molar-refractivity contribution < 1.29 is 33.1 Å². The van der Waals surface area contributed by atoms with E-state index in [1.165, 1.54) is 6.07 Å². The molecule has 0 bridgehead atoms. The molecular formula is C43H47ClFN9O6. The third-order valence-corrected chi connectivity index (χ3v) is 12.9. The van der Waals surface area contributed by atoms with E-state index >= 15 is 4.39 Å². The monoisotopic (exact) mass is 839 g/mol. The van der Waals surface area contributed by atoms with E-state index in [1.807, 2.05) is 17.0 Å². The van der Waals surface area contributed by atoms with Crippen LogP contribution in [0.15, 0.2) is 42.5 Å². The van der Waals surface area contributed by atoms with Crippen molar-refractivity contribution in [2.45, 2.75) is 95.5 Å². The predicted molar refractivity (Wildman–Crippen MR) is 218 cm³/mol. The first kappa shape index (κ1) is 41.1. The molecule has 314 valence electrons. The highest BCUT2D eigenvalue weighted by atomic mass is 35.5. The Hall–Kier alpha value is -5.66. The van der Waals surface area contributed by atoms with Gasteiger partial charge in [0.15, 0.2) is 11.5 Å². The van der Waals surface area contributed by atoms with Crippen molar-refractivity contribution in [1.82, 2.24) is 30.6 Å². The number of nitrogens with zero attached hydrogens (tertiary/aromatic N) is 7. The van der Waals surface area contributed by atoms with Gasteiger partial charge in [-0.2, -0.15) is 5.26 Å². The number of anilines is 2. The summed E-state index contributed by atoms with van der Waals surface area (Å²) in [5.41, 5.74) is 0.915. The second kappa shape index (κ2) is 17.1. The first-order valence-electron chi connectivity index (χ1n) is 20.7. The molecule has 1 aliphatic carbocycles. The van der Waals surface area contributed by atoms with Gasteiger partial charge in [-0.05, 0) is 101 Å². The average Bonchev–Trinajstić information content (AvgIpc) is 3.47. The molecule has 5 heterocycles. The molecule has 5 aliphatic rings. The number of carbonyl (C=O) groups excluding carboxylic acids is 5. The summed E-state index contributed by atoms with van der Waals surface area (Å²) in [7, 11) is 0. The molecule has 5 amide bonds. The Kier molecular flexibility index (Phi) is 11.7. The van der Waals surface area contributed by atoms with Gasteiger partial charge >= 0.3 is 0 Å². The SMILES string of the molecule is CC1CN(c2cc3c(cc2F)C(=O)N(C2CCC(=O)NC2=O)C3=O)CC(C)N1CC1CCN(c2ccc(C(=O)N[C@H]3CC[C@H](Oc4ccc(C#N)c(Cl)c4)CC3)nn2)CC1. The number of nitrogens with one attached hydrogen (secondary N) is 2. The van der Waals surface area contributed by atoms with Gasteiger partial charge in [-0.15, -0.1) is 10.2 Å². The summed E-state index contributed by atoms with van der Waals surface area (Å²) < 4.78 is 21.7. The van der Waals surface area contributed by atoms with Gasteiger partial charge in [0.05, 0.1) is 33.5 Å². The topological polar surface area (TPSA) is 181 Å². The molecule has 3 atom stereocenters. The fourth-order valence-corrected chi connectivity index (χ4v) is 9.54. The number of nitriles is 1. The maximum Gasteiger partial charge on any atom is 0.272 e. The lowest BCUT2D eigenvalue weighted by Gasteiger charge is -2.47. The van der Waals surface area contributed by atoms with Gasteiger partial charge in [0.2, 0.25) is 11.8 Å². The maximum atomic E-state index is 15.7. The number of halogens is 2. The van der Waals surface area contributed by atoms with Crippen LogP contribution >= 0.6 is 11.6 Å². The van der Waals surface area contributed by atoms with E-state index in [-0.39, 0.29) is 65.5 Å². The number of aromatic nitrogens is 2. The van der Waals surface area contributed by atoms with Crippen LogP contribution in [0.3, 0.4) is 0 Å². The third-order valence-electron chi connectivity index (χ3n) is 12.6. The van der Waals surface area contributed by atoms with Gasteiger partial charge in [0, 0.05) is 63.3 Å². The molecule has 1 saturated carbocycles. The minimum absolute atomic E-state index is 0.00233. The van der Waals surface area contributed by atoms with Crippen molar-refractivity contribution in [3.63, 3.8) is 0 Å². The van der Waals surface area contributed by atoms with Crippen LogP contribution in [0.1, 0.15) is 102 Å². The van der Waals surface area contributed by atoms with Crippen molar-refractivity contribution in [3.05, 3.63) is 75.7 Å². The van der Waals surface area contributed by atoms with E-state index in [0.29, 0.717) is 35.3 Å². The number of hydrogen-bond donors (Lipinski definition) is 2. The van der Waals surface area contributed by atoms with Gasteiger partial charge in [-0.3, -0.25) is 39.1 Å². The van der Waals surface area contributed by atoms with Crippen LogP contribution in [0.2, 0.25) is 5.02 Å². The zero-order valence-corrected chi connectivity index (χ0v) is 34.3. The smallest absolute Gasteiger partial charge is 0.272 e. The van der Waals surface area contributed by atoms with Gasteiger partial charge in [-0.25, -0.2) is 4.39 Å². The number of benzene rings is 2. The fraction of sp³-hybridized carbons (Fsp3) is 0.488. The number of fused-ring (bicyclic) bond motifs is 1. The largest absolute Gasteiger partial charge is 0.490 e. The predicted octanol–water partition coefficient (Wildman–Crippen LogP) is 4.48. The molecular weight excluding hydrogens is 793 g/mol. The van der Waals surface area contributed by atoms with Crippen molar-refractivity contribution in [3.8, 4) is 11.8 Å². The van der Waals surface area contributed by atoms with E-state index in [4.69, 9.17) is 21.6 Å². The quantitative estimate of drug-likeness (QED) is 0.289. The number of piperazine rings is 1. The molecule has 4 fully saturated rings. The fourth-order valence-electron chi connectivity index (χ4n) is 9.33. The number of rotatable bonds is 9. The summed E-state index contributed by atoms with van der Waals surface area (Å²) in [5, 5.41) is 23.4. The van der Waals surface area contributed by atoms with Crippen LogP contribution in [-0.4, -0.2) is 113 Å². The lowest BCUT2D eigenvalue weighted by atomic mass is 9.92. The molecule has 4 aliphatic heterocycles. The van der Waals surface area contributed by atoms with Gasteiger partial charge < -0.3 is 19.9 Å². The zero-order valence-electron chi connectivity index (χ0n) is 33.5. The molecule has 3 saturated heterocycles. The summed E-state index contributed by atoms with van der Waals surface area (Å²) >= 11 is 6.15. The van der Waals surface area contributed by atoms with Crippen LogP contribution in [0, 0.1) is 23.1 Å². The Morgan fingerprint density at radius 3 is 2.25 bits per heavy atom. The first-order valence-corrected chi connectivity index (χ1v) is 21.1. The molecule has 2 N–H and O–H groups in total. The Labute approximate surface area is 352 Å². The summed E-state index contributed by atoms with van der Waals surface area (Å²) in [6, 6.07) is 12.3. The van der Waals surface area contributed by atoms with E-state index in [1.54, 1.807) is 24.3 Å². The summed E-state index contributed by atoms with van der Waals surface area (Å²) in [5.74, 6) is -1.60. The molecule has 0 radical (unpaired) electrons. The van der Waals surface area contributed by atoms with E-state index in [0.717, 1.165) is 74.9 Å². The Bertz CT molecular complexity index is 2230. The molecule has 1 aromatic heterocycles. The minimum Gasteiger partial charge on any atom is -0.490 e. The molecule has 0 spiro atoms. The molecule has 3 aromatic rings. The second-order valence-corrected chi connectivity index (χ2v) is 17.0. The van der Waals surface area contributed by atoms with Crippen molar-refractivity contribution in [2.24, 2.45) is 5.92 Å². The summed E-state index contributed by atoms with van der Waals surface area (Å²) in [6.07, 6.45) is 5.02. The van der Waals surface area contributed by atoms with Crippen LogP contribution in [0.5, 0.6) is 5.75 Å². The van der Waals surface area contributed by atoms with E-state index < -0.39 is 35.5 Å². The highest BCUT2D eigenvalue weighted by Crippen LogP contribution is 2.35. The minimum atomic E-state index is -1.11. The Balaban J connectivity index is 0.794. The van der Waals surface area contributed by atoms with Gasteiger partial charge in [0.1, 0.15) is 23.7 Å². The highest BCUT2D eigenvalue weighted by molar-refractivity contribution is 6.31. The standard InChI is InChI=1S/C43H47ClFN9O6/c1-24-21-52(37-19-32-31(18-34(37)45)42(58)54(43(32)59)36-10-12-39(55)48-41(36)57)22-25(2)53(24)23-26-13-15-51(16-14-26)38-11-9-35(49-50-38)40(56)47-28-4-7-29(8-5-28)60-30-6-3-27(20-46)33(44)17-30/h3,6,9,11,17-19,24-26,28-29,36H,4-5,7-8,10,12-16,21-23H2,1-2H3,(H,47,56)(H,48,55,57)/t24?,25?,28-,29-,36?. The van der Waals surface area contributed by atoms with Crippen molar-refractivity contribution >= 4 is 52.6 Å². The van der Waals surface area contributed by atoms with Crippen LogP contribution in [0.25, 0.3) is 0 Å². The van der Waals surface area contributed by atoms with Crippen molar-refractivity contribution in [1.29, 1.82) is 5.26 Å². The molecule has 60 heavy (non-hydrogen) atoms. The summed E-state index contributed by atoms with van der Waals surface area (Å²) in [4.78, 5) is 71.2. The van der Waals surface area contributed by atoms with Crippen LogP contribution in [0.4, 0.5) is 15.9 Å². The molecule has 8 rings (SSSR count). The third kappa shape index (κ3) is 8.38. The van der Waals surface area contributed by atoms with Gasteiger partial charge in [0.25, 0.3) is 17.7 Å². The van der Waals surface area contributed by atoms with Crippen LogP contribution < -0.4 is 25.2 Å². The van der Waals surface area contributed by atoms with E-state index in [9.17, 15) is 24.0 Å². The highest BCUT2D eigenvalue weighted by Gasteiger charge is 2.46. The van der Waals surface area contributed by atoms with Crippen molar-refractivity contribution in [2.75, 3.05) is 42.5 Å². The number of carbonyl (C=O) groups is 5. The lowest BCUT2D eigenvalue weighted by molar-refractivity contribution is -0.136. The number of amides is 5. The lowest BCUT2D eigenvalue weighted by Crippen LogP contribution is -2.58. The number of hydrogen-bond acceptors (Lipinski definition) is 12. The molecule has 3 unspecified atom stereocenters.